The molecule has 2 aromatic carbocycles. The van der Waals surface area contributed by atoms with Gasteiger partial charge in [0.2, 0.25) is 5.91 Å². The molecule has 0 atom stereocenters. The fourth-order valence-electron chi connectivity index (χ4n) is 3.18. The maximum Gasteiger partial charge on any atom is 0.233 e. The van der Waals surface area contributed by atoms with Gasteiger partial charge in [-0.1, -0.05) is 48.2 Å². The van der Waals surface area contributed by atoms with Crippen molar-refractivity contribution >= 4 is 17.7 Å². The molecule has 0 aliphatic carbocycles. The van der Waals surface area contributed by atoms with Crippen LogP contribution in [0.4, 0.5) is 0 Å². The molecule has 0 spiro atoms. The normalized spacial score (nSPS) is 10.4. The van der Waals surface area contributed by atoms with E-state index in [4.69, 9.17) is 10.5 Å². The topological polar surface area (TPSA) is 98.6 Å². The third kappa shape index (κ3) is 5.54. The van der Waals surface area contributed by atoms with Gasteiger partial charge in [-0.05, 0) is 37.1 Å². The molecule has 3 rings (SSSR count). The smallest absolute Gasteiger partial charge is 0.233 e. The molecule has 8 heteroatoms. The van der Waals surface area contributed by atoms with Gasteiger partial charge < -0.3 is 4.90 Å². The quantitative estimate of drug-likeness (QED) is 0.456. The highest BCUT2D eigenvalue weighted by Crippen LogP contribution is 2.29. The second-order valence-electron chi connectivity index (χ2n) is 7.26. The predicted octanol–water partition coefficient (Wildman–Crippen LogP) is 4.30. The van der Waals surface area contributed by atoms with Gasteiger partial charge >= 0.3 is 0 Å². The fourth-order valence-corrected chi connectivity index (χ4v) is 4.04. The first-order chi connectivity index (χ1) is 15.5. The standard InChI is InChI=1S/C24H24N6OS/c1-18-10-11-21(16-19(18)2)30-23(20-8-4-3-5-9-20)27-28-24(30)32-17-22(31)29(14-6-12-25)15-7-13-26/h3-5,8-11,16H,6-7,14-15,17H2,1-2H3. The first-order valence-electron chi connectivity index (χ1n) is 10.3. The first-order valence-corrected chi connectivity index (χ1v) is 11.3. The van der Waals surface area contributed by atoms with Gasteiger partial charge in [-0.3, -0.25) is 9.36 Å². The molecule has 162 valence electrons. The molecule has 0 fully saturated rings. The highest BCUT2D eigenvalue weighted by atomic mass is 32.2. The van der Waals surface area contributed by atoms with E-state index in [-0.39, 0.29) is 24.5 Å². The van der Waals surface area contributed by atoms with Crippen LogP contribution in [-0.2, 0) is 4.79 Å². The molecule has 7 nitrogen and oxygen atoms in total. The van der Waals surface area contributed by atoms with Crippen LogP contribution >= 0.6 is 11.8 Å². The van der Waals surface area contributed by atoms with Crippen LogP contribution in [0.15, 0.2) is 53.7 Å². The number of thioether (sulfide) groups is 1. The van der Waals surface area contributed by atoms with E-state index in [9.17, 15) is 4.79 Å². The number of hydrogen-bond acceptors (Lipinski definition) is 6. The SMILES string of the molecule is Cc1ccc(-n2c(SCC(=O)N(CCC#N)CCC#N)nnc2-c2ccccc2)cc1C. The second-order valence-corrected chi connectivity index (χ2v) is 8.20. The zero-order chi connectivity index (χ0) is 22.9. The molecule has 0 saturated carbocycles. The number of carbonyl (C=O) groups is 1. The summed E-state index contributed by atoms with van der Waals surface area (Å²) >= 11 is 1.30. The van der Waals surface area contributed by atoms with Gasteiger partial charge in [0, 0.05) is 18.7 Å². The van der Waals surface area contributed by atoms with Crippen LogP contribution < -0.4 is 0 Å². The highest BCUT2D eigenvalue weighted by molar-refractivity contribution is 7.99. The summed E-state index contributed by atoms with van der Waals surface area (Å²) in [7, 11) is 0. The number of carbonyl (C=O) groups excluding carboxylic acids is 1. The Kier molecular flexibility index (Phi) is 8.02. The van der Waals surface area contributed by atoms with Crippen LogP contribution in [0.2, 0.25) is 0 Å². The Balaban J connectivity index is 1.90. The largest absolute Gasteiger partial charge is 0.340 e. The lowest BCUT2D eigenvalue weighted by Gasteiger charge is -2.20. The number of hydrogen-bond donors (Lipinski definition) is 0. The molecule has 0 aliphatic rings. The maximum atomic E-state index is 12.8. The average molecular weight is 445 g/mol. The molecule has 1 amide bonds. The minimum absolute atomic E-state index is 0.128. The van der Waals surface area contributed by atoms with Gasteiger partial charge in [0.1, 0.15) is 0 Å². The van der Waals surface area contributed by atoms with Crippen LogP contribution in [0, 0.1) is 36.5 Å². The monoisotopic (exact) mass is 444 g/mol. The summed E-state index contributed by atoms with van der Waals surface area (Å²) in [6.07, 6.45) is 0.470. The first kappa shape index (κ1) is 23.1. The van der Waals surface area contributed by atoms with Crippen molar-refractivity contribution in [3.63, 3.8) is 0 Å². The van der Waals surface area contributed by atoms with Crippen LogP contribution in [0.25, 0.3) is 17.1 Å². The van der Waals surface area contributed by atoms with Crippen molar-refractivity contribution in [1.29, 1.82) is 10.5 Å². The average Bonchev–Trinajstić information content (AvgIpc) is 3.24. The van der Waals surface area contributed by atoms with E-state index in [0.29, 0.717) is 24.1 Å². The van der Waals surface area contributed by atoms with E-state index in [1.807, 2.05) is 41.0 Å². The Bertz CT molecular complexity index is 1140. The second kappa shape index (κ2) is 11.1. The summed E-state index contributed by atoms with van der Waals surface area (Å²) in [6.45, 7) is 4.76. The van der Waals surface area contributed by atoms with Gasteiger partial charge in [0.25, 0.3) is 0 Å². The molecule has 1 aromatic heterocycles. The molecular weight excluding hydrogens is 420 g/mol. The summed E-state index contributed by atoms with van der Waals surface area (Å²) in [5.74, 6) is 0.722. The van der Waals surface area contributed by atoms with Crippen molar-refractivity contribution in [2.75, 3.05) is 18.8 Å². The molecule has 0 radical (unpaired) electrons. The summed E-state index contributed by atoms with van der Waals surface area (Å²) in [4.78, 5) is 14.3. The van der Waals surface area contributed by atoms with Gasteiger partial charge in [0.15, 0.2) is 11.0 Å². The number of rotatable bonds is 9. The summed E-state index contributed by atoms with van der Waals surface area (Å²) < 4.78 is 1.97. The number of aryl methyl sites for hydroxylation is 2. The maximum absolute atomic E-state index is 12.8. The van der Waals surface area contributed by atoms with E-state index < -0.39 is 0 Å². The number of benzene rings is 2. The molecule has 0 N–H and O–H groups in total. The van der Waals surface area contributed by atoms with E-state index in [1.165, 1.54) is 17.3 Å². The van der Waals surface area contributed by atoms with Gasteiger partial charge in [-0.15, -0.1) is 10.2 Å². The number of amides is 1. The van der Waals surface area contributed by atoms with Crippen LogP contribution in [0.1, 0.15) is 24.0 Å². The summed E-state index contributed by atoms with van der Waals surface area (Å²) in [6, 6.07) is 20.1. The Hall–Kier alpha value is -3.62. The molecule has 32 heavy (non-hydrogen) atoms. The minimum Gasteiger partial charge on any atom is -0.340 e. The Morgan fingerprint density at radius 2 is 1.69 bits per heavy atom. The van der Waals surface area contributed by atoms with Crippen molar-refractivity contribution < 1.29 is 4.79 Å². The van der Waals surface area contributed by atoms with Crippen LogP contribution in [0.5, 0.6) is 0 Å². The Labute approximate surface area is 192 Å². The summed E-state index contributed by atoms with van der Waals surface area (Å²) in [5.41, 5.74) is 4.21. The third-order valence-electron chi connectivity index (χ3n) is 5.08. The zero-order valence-electron chi connectivity index (χ0n) is 18.2. The predicted molar refractivity (Wildman–Crippen MR) is 124 cm³/mol. The zero-order valence-corrected chi connectivity index (χ0v) is 19.0. The Morgan fingerprint density at radius 1 is 1.00 bits per heavy atom. The lowest BCUT2D eigenvalue weighted by molar-refractivity contribution is -0.128. The van der Waals surface area contributed by atoms with E-state index in [2.05, 4.69) is 48.3 Å². The van der Waals surface area contributed by atoms with Crippen LogP contribution in [0.3, 0.4) is 0 Å². The highest BCUT2D eigenvalue weighted by Gasteiger charge is 2.19. The molecule has 0 aliphatic heterocycles. The minimum atomic E-state index is -0.128. The van der Waals surface area contributed by atoms with Crippen molar-refractivity contribution in [2.45, 2.75) is 31.8 Å². The van der Waals surface area contributed by atoms with Crippen molar-refractivity contribution in [2.24, 2.45) is 0 Å². The van der Waals surface area contributed by atoms with Gasteiger partial charge in [-0.25, -0.2) is 0 Å². The number of aromatic nitrogens is 3. The molecule has 0 saturated heterocycles. The summed E-state index contributed by atoms with van der Waals surface area (Å²) in [5, 5.41) is 27.1. The fraction of sp³-hybridized carbons (Fsp3) is 0.292. The third-order valence-corrected chi connectivity index (χ3v) is 5.99. The molecular formula is C24H24N6OS. The van der Waals surface area contributed by atoms with E-state index in [1.54, 1.807) is 4.90 Å². The van der Waals surface area contributed by atoms with Crippen molar-refractivity contribution in [3.05, 3.63) is 59.7 Å². The Morgan fingerprint density at radius 3 is 2.31 bits per heavy atom. The molecule has 1 heterocycles. The number of nitriles is 2. The lowest BCUT2D eigenvalue weighted by Crippen LogP contribution is -2.34. The number of nitrogens with zero attached hydrogens (tertiary/aromatic N) is 6. The lowest BCUT2D eigenvalue weighted by atomic mass is 10.1. The van der Waals surface area contributed by atoms with Crippen molar-refractivity contribution in [1.82, 2.24) is 19.7 Å². The van der Waals surface area contributed by atoms with Crippen molar-refractivity contribution in [3.8, 4) is 29.2 Å². The molecule has 3 aromatic rings. The van der Waals surface area contributed by atoms with Gasteiger partial charge in [-0.2, -0.15) is 10.5 Å². The van der Waals surface area contributed by atoms with E-state index >= 15 is 0 Å². The molecule has 0 unspecified atom stereocenters. The molecule has 0 bridgehead atoms. The van der Waals surface area contributed by atoms with E-state index in [0.717, 1.165) is 16.8 Å². The van der Waals surface area contributed by atoms with Crippen LogP contribution in [-0.4, -0.2) is 44.4 Å². The van der Waals surface area contributed by atoms with Gasteiger partial charge in [0.05, 0.1) is 36.4 Å².